The lowest BCUT2D eigenvalue weighted by Gasteiger charge is -2.15. The third-order valence-electron chi connectivity index (χ3n) is 6.11. The van der Waals surface area contributed by atoms with Crippen molar-refractivity contribution in [3.05, 3.63) is 64.4 Å². The van der Waals surface area contributed by atoms with Crippen molar-refractivity contribution in [2.45, 2.75) is 43.4 Å². The summed E-state index contributed by atoms with van der Waals surface area (Å²) in [6.45, 7) is 0. The molecule has 0 spiro atoms. The topological polar surface area (TPSA) is 124 Å². The summed E-state index contributed by atoms with van der Waals surface area (Å²) in [7, 11) is -3.46. The summed E-state index contributed by atoms with van der Waals surface area (Å²) in [5.41, 5.74) is 6.49. The second-order valence-electron chi connectivity index (χ2n) is 8.09. The van der Waals surface area contributed by atoms with Gasteiger partial charge in [0.2, 0.25) is 0 Å². The van der Waals surface area contributed by atoms with Crippen LogP contribution in [0.4, 0.5) is 16.2 Å². The van der Waals surface area contributed by atoms with Crippen LogP contribution in [-0.4, -0.2) is 22.4 Å². The quantitative estimate of drug-likeness (QED) is 0.528. The Morgan fingerprint density at radius 1 is 1.09 bits per heavy atom. The van der Waals surface area contributed by atoms with Gasteiger partial charge in [0.25, 0.3) is 5.91 Å². The number of carbonyl (C=O) groups is 2. The Morgan fingerprint density at radius 3 is 2.50 bits per heavy atom. The first-order chi connectivity index (χ1) is 15.5. The van der Waals surface area contributed by atoms with E-state index in [2.05, 4.69) is 25.8 Å². The molecular weight excluding hydrogens is 426 g/mol. The SMILES string of the molecule is N=C/C=C\Nc1ccc2c(c1)S(=O)(=NC(=O)Nc1c3c(cc4c1CCC4)CCC3)NC2=O. The first-order valence-electron chi connectivity index (χ1n) is 10.6. The number of allylic oxidation sites excluding steroid dienone is 1. The van der Waals surface area contributed by atoms with Crippen LogP contribution in [0.25, 0.3) is 0 Å². The highest BCUT2D eigenvalue weighted by Gasteiger charge is 2.33. The van der Waals surface area contributed by atoms with Gasteiger partial charge in [-0.1, -0.05) is 6.07 Å². The molecule has 1 atom stereocenters. The molecule has 5 rings (SSSR count). The van der Waals surface area contributed by atoms with Crippen LogP contribution in [-0.2, 0) is 35.6 Å². The number of hydrogen-bond acceptors (Lipinski definition) is 5. The van der Waals surface area contributed by atoms with Gasteiger partial charge in [0.15, 0.2) is 9.92 Å². The Balaban J connectivity index is 1.49. The van der Waals surface area contributed by atoms with Crippen LogP contribution >= 0.6 is 0 Å². The molecule has 1 unspecified atom stereocenters. The molecule has 1 aliphatic heterocycles. The summed E-state index contributed by atoms with van der Waals surface area (Å²) in [6, 6.07) is 6.29. The van der Waals surface area contributed by atoms with Crippen molar-refractivity contribution < 1.29 is 13.8 Å². The lowest BCUT2D eigenvalue weighted by molar-refractivity contribution is 0.0985. The molecular formula is C23H23N5O3S. The molecule has 0 saturated heterocycles. The number of benzene rings is 2. The fourth-order valence-electron chi connectivity index (χ4n) is 4.74. The van der Waals surface area contributed by atoms with Crippen LogP contribution in [0.15, 0.2) is 45.8 Å². The van der Waals surface area contributed by atoms with Crippen molar-refractivity contribution >= 4 is 39.4 Å². The number of amides is 3. The molecule has 9 heteroatoms. The first kappa shape index (κ1) is 20.4. The van der Waals surface area contributed by atoms with E-state index in [0.29, 0.717) is 5.69 Å². The highest BCUT2D eigenvalue weighted by atomic mass is 32.2. The molecule has 2 aromatic rings. The molecule has 4 N–H and O–H groups in total. The number of aryl methyl sites for hydroxylation is 2. The highest BCUT2D eigenvalue weighted by molar-refractivity contribution is 7.93. The molecule has 0 bridgehead atoms. The molecule has 2 aromatic carbocycles. The van der Waals surface area contributed by atoms with E-state index in [0.717, 1.165) is 61.6 Å². The second-order valence-corrected chi connectivity index (χ2v) is 9.97. The van der Waals surface area contributed by atoms with E-state index in [9.17, 15) is 13.8 Å². The maximum atomic E-state index is 13.5. The number of carbonyl (C=O) groups excluding carboxylic acids is 2. The Bertz CT molecular complexity index is 1290. The Kier molecular flexibility index (Phi) is 5.05. The van der Waals surface area contributed by atoms with E-state index in [4.69, 9.17) is 5.41 Å². The molecule has 3 amide bonds. The molecule has 8 nitrogen and oxygen atoms in total. The van der Waals surface area contributed by atoms with Crippen molar-refractivity contribution in [3.8, 4) is 0 Å². The van der Waals surface area contributed by atoms with Gasteiger partial charge in [-0.3, -0.25) is 9.52 Å². The van der Waals surface area contributed by atoms with E-state index in [1.54, 1.807) is 24.4 Å². The van der Waals surface area contributed by atoms with Gasteiger partial charge in [-0.15, -0.1) is 4.36 Å². The van der Waals surface area contributed by atoms with E-state index in [-0.39, 0.29) is 10.5 Å². The average Bonchev–Trinajstić information content (AvgIpc) is 3.47. The van der Waals surface area contributed by atoms with Gasteiger partial charge in [-0.25, -0.2) is 9.00 Å². The van der Waals surface area contributed by atoms with Gasteiger partial charge in [0.1, 0.15) is 0 Å². The third-order valence-corrected chi connectivity index (χ3v) is 7.93. The van der Waals surface area contributed by atoms with Gasteiger partial charge in [0.05, 0.1) is 10.5 Å². The van der Waals surface area contributed by atoms with Crippen LogP contribution < -0.4 is 15.4 Å². The van der Waals surface area contributed by atoms with E-state index in [1.165, 1.54) is 17.2 Å². The minimum atomic E-state index is -3.46. The van der Waals surface area contributed by atoms with Crippen molar-refractivity contribution in [1.29, 1.82) is 5.41 Å². The zero-order chi connectivity index (χ0) is 22.3. The monoisotopic (exact) mass is 449 g/mol. The smallest absolute Gasteiger partial charge is 0.355 e. The van der Waals surface area contributed by atoms with Crippen LogP contribution in [0.1, 0.15) is 45.5 Å². The number of fused-ring (bicyclic) bond motifs is 3. The van der Waals surface area contributed by atoms with Crippen molar-refractivity contribution in [3.63, 3.8) is 0 Å². The number of nitrogens with one attached hydrogen (secondary N) is 4. The average molecular weight is 450 g/mol. The predicted octanol–water partition coefficient (Wildman–Crippen LogP) is 3.96. The molecule has 32 heavy (non-hydrogen) atoms. The summed E-state index contributed by atoms with van der Waals surface area (Å²) < 4.78 is 19.9. The molecule has 3 aliphatic rings. The molecule has 164 valence electrons. The summed E-state index contributed by atoms with van der Waals surface area (Å²) in [5, 5.41) is 12.9. The largest absolute Gasteiger partial charge is 0.362 e. The van der Waals surface area contributed by atoms with Crippen LogP contribution in [0.3, 0.4) is 0 Å². The Morgan fingerprint density at radius 2 is 1.81 bits per heavy atom. The van der Waals surface area contributed by atoms with Crippen LogP contribution in [0.5, 0.6) is 0 Å². The van der Waals surface area contributed by atoms with E-state index in [1.807, 2.05) is 0 Å². The van der Waals surface area contributed by atoms with Gasteiger partial charge in [0, 0.05) is 23.8 Å². The number of nitrogens with zero attached hydrogens (tertiary/aromatic N) is 1. The molecule has 2 aliphatic carbocycles. The summed E-state index contributed by atoms with van der Waals surface area (Å²) in [4.78, 5) is 25.5. The molecule has 0 fully saturated rings. The lowest BCUT2D eigenvalue weighted by Crippen LogP contribution is -2.23. The van der Waals surface area contributed by atoms with Gasteiger partial charge < -0.3 is 16.0 Å². The third kappa shape index (κ3) is 3.48. The Hall–Kier alpha value is -3.46. The molecule has 0 aromatic heterocycles. The minimum Gasteiger partial charge on any atom is -0.362 e. The van der Waals surface area contributed by atoms with Crippen LogP contribution in [0, 0.1) is 5.41 Å². The zero-order valence-corrected chi connectivity index (χ0v) is 18.2. The predicted molar refractivity (Wildman–Crippen MR) is 124 cm³/mol. The van der Waals surface area contributed by atoms with E-state index >= 15 is 0 Å². The van der Waals surface area contributed by atoms with Gasteiger partial charge in [-0.05, 0) is 85.1 Å². The maximum Gasteiger partial charge on any atom is 0.355 e. The fraction of sp³-hybridized carbons (Fsp3) is 0.261. The number of hydrogen-bond donors (Lipinski definition) is 4. The van der Waals surface area contributed by atoms with Gasteiger partial charge >= 0.3 is 6.03 Å². The minimum absolute atomic E-state index is 0.175. The number of rotatable bonds is 4. The second kappa shape index (κ2) is 7.90. The standard InChI is InChI=1S/C23H23N5O3S/c24-10-3-11-25-16-8-9-19-20(13-16)32(31,27-22(19)29)28-23(30)26-21-17-6-1-4-14(17)12-15-5-2-7-18(15)21/h3,8-13,24-25H,1-2,4-7H2,(H2,26,27,28,29,30,31)/b11-3-,24-10?. The fourth-order valence-corrected chi connectivity index (χ4v) is 6.38. The summed E-state index contributed by atoms with van der Waals surface area (Å²) >= 11 is 0. The maximum absolute atomic E-state index is 13.5. The van der Waals surface area contributed by atoms with Gasteiger partial charge in [-0.2, -0.15) is 0 Å². The molecule has 0 radical (unpaired) electrons. The first-order valence-corrected chi connectivity index (χ1v) is 12.1. The number of anilines is 2. The van der Waals surface area contributed by atoms with E-state index < -0.39 is 21.9 Å². The zero-order valence-electron chi connectivity index (χ0n) is 17.4. The lowest BCUT2D eigenvalue weighted by atomic mass is 9.99. The normalized spacial score (nSPS) is 20.4. The number of urea groups is 1. The van der Waals surface area contributed by atoms with Crippen molar-refractivity contribution in [2.75, 3.05) is 10.6 Å². The highest BCUT2D eigenvalue weighted by Crippen LogP contribution is 2.39. The van der Waals surface area contributed by atoms with Crippen molar-refractivity contribution in [1.82, 2.24) is 4.72 Å². The van der Waals surface area contributed by atoms with Crippen molar-refractivity contribution in [2.24, 2.45) is 4.36 Å². The molecule has 1 heterocycles. The summed E-state index contributed by atoms with van der Waals surface area (Å²) in [5.74, 6) is -0.523. The van der Waals surface area contributed by atoms with Crippen LogP contribution in [0.2, 0.25) is 0 Å². The summed E-state index contributed by atoms with van der Waals surface area (Å²) in [6.07, 6.45) is 10.1. The molecule has 0 saturated carbocycles. The Labute approximate surface area is 186 Å².